The summed E-state index contributed by atoms with van der Waals surface area (Å²) in [5, 5.41) is 11.8. The number of hydrogen-bond acceptors (Lipinski definition) is 3. The van der Waals surface area contributed by atoms with Crippen LogP contribution in [-0.2, 0) is 9.53 Å². The van der Waals surface area contributed by atoms with Gasteiger partial charge in [0, 0.05) is 19.7 Å². The number of carbonyl (C=O) groups is 1. The van der Waals surface area contributed by atoms with Crippen molar-refractivity contribution in [2.75, 3.05) is 19.7 Å². The predicted octanol–water partition coefficient (Wildman–Crippen LogP) is 0.722. The van der Waals surface area contributed by atoms with Crippen molar-refractivity contribution in [2.24, 2.45) is 11.8 Å². The lowest BCUT2D eigenvalue weighted by Gasteiger charge is -2.15. The molecule has 0 aromatic carbocycles. The summed E-state index contributed by atoms with van der Waals surface area (Å²) >= 11 is 0. The fourth-order valence-electron chi connectivity index (χ4n) is 1.62. The minimum Gasteiger partial charge on any atom is -0.481 e. The highest BCUT2D eigenvalue weighted by Gasteiger charge is 2.23. The van der Waals surface area contributed by atoms with E-state index in [1.807, 2.05) is 0 Å². The molecule has 0 saturated carbocycles. The van der Waals surface area contributed by atoms with Gasteiger partial charge in [0.15, 0.2) is 0 Å². The molecule has 1 rings (SSSR count). The van der Waals surface area contributed by atoms with E-state index < -0.39 is 5.97 Å². The van der Waals surface area contributed by atoms with E-state index in [4.69, 9.17) is 9.84 Å². The lowest BCUT2D eigenvalue weighted by atomic mass is 10.0. The standard InChI is InChI=1S/C10H19NO3/c1-7(10(12)13)5-11-6-9-3-4-14-8(9)2/h7-9,11H,3-6H2,1-2H3,(H,12,13). The molecule has 0 aromatic heterocycles. The van der Waals surface area contributed by atoms with Crippen molar-refractivity contribution >= 4 is 5.97 Å². The summed E-state index contributed by atoms with van der Waals surface area (Å²) in [4.78, 5) is 10.5. The van der Waals surface area contributed by atoms with Crippen LogP contribution >= 0.6 is 0 Å². The van der Waals surface area contributed by atoms with Gasteiger partial charge < -0.3 is 15.2 Å². The lowest BCUT2D eigenvalue weighted by Crippen LogP contribution is -2.32. The second kappa shape index (κ2) is 5.32. The average molecular weight is 201 g/mol. The minimum atomic E-state index is -0.742. The van der Waals surface area contributed by atoms with E-state index >= 15 is 0 Å². The predicted molar refractivity (Wildman–Crippen MR) is 53.2 cm³/mol. The Bertz CT molecular complexity index is 196. The third kappa shape index (κ3) is 3.27. The van der Waals surface area contributed by atoms with Crippen molar-refractivity contribution in [3.63, 3.8) is 0 Å². The summed E-state index contributed by atoms with van der Waals surface area (Å²) in [6, 6.07) is 0. The molecule has 1 saturated heterocycles. The summed E-state index contributed by atoms with van der Waals surface area (Å²) in [7, 11) is 0. The van der Waals surface area contributed by atoms with Gasteiger partial charge in [0.1, 0.15) is 0 Å². The molecule has 4 heteroatoms. The maximum absolute atomic E-state index is 10.5. The largest absolute Gasteiger partial charge is 0.481 e. The smallest absolute Gasteiger partial charge is 0.307 e. The molecule has 0 spiro atoms. The highest BCUT2D eigenvalue weighted by molar-refractivity contribution is 5.69. The van der Waals surface area contributed by atoms with Crippen LogP contribution in [-0.4, -0.2) is 36.9 Å². The topological polar surface area (TPSA) is 58.6 Å². The second-order valence-corrected chi connectivity index (χ2v) is 4.02. The Morgan fingerprint density at radius 2 is 2.43 bits per heavy atom. The van der Waals surface area contributed by atoms with Crippen LogP contribution in [0.25, 0.3) is 0 Å². The molecule has 82 valence electrons. The van der Waals surface area contributed by atoms with E-state index in [2.05, 4.69) is 12.2 Å². The zero-order valence-electron chi connectivity index (χ0n) is 8.82. The number of nitrogens with one attached hydrogen (secondary N) is 1. The number of aliphatic carboxylic acids is 1. The van der Waals surface area contributed by atoms with Crippen molar-refractivity contribution in [3.8, 4) is 0 Å². The molecule has 3 unspecified atom stereocenters. The van der Waals surface area contributed by atoms with Crippen LogP contribution in [0.4, 0.5) is 0 Å². The van der Waals surface area contributed by atoms with Crippen LogP contribution in [0.15, 0.2) is 0 Å². The highest BCUT2D eigenvalue weighted by atomic mass is 16.5. The summed E-state index contributed by atoms with van der Waals surface area (Å²) in [6.45, 7) is 6.02. The fourth-order valence-corrected chi connectivity index (χ4v) is 1.62. The van der Waals surface area contributed by atoms with Crippen molar-refractivity contribution in [3.05, 3.63) is 0 Å². The monoisotopic (exact) mass is 201 g/mol. The normalized spacial score (nSPS) is 29.0. The van der Waals surface area contributed by atoms with E-state index in [0.717, 1.165) is 19.6 Å². The van der Waals surface area contributed by atoms with E-state index in [1.165, 1.54) is 0 Å². The Morgan fingerprint density at radius 3 is 2.93 bits per heavy atom. The van der Waals surface area contributed by atoms with Crippen LogP contribution in [0.5, 0.6) is 0 Å². The Labute approximate surface area is 84.6 Å². The number of rotatable bonds is 5. The Morgan fingerprint density at radius 1 is 1.71 bits per heavy atom. The molecule has 0 amide bonds. The molecule has 0 aromatic rings. The third-order valence-corrected chi connectivity index (χ3v) is 2.81. The molecule has 1 heterocycles. The van der Waals surface area contributed by atoms with Crippen LogP contribution in [0.3, 0.4) is 0 Å². The molecule has 0 radical (unpaired) electrons. The van der Waals surface area contributed by atoms with Crippen molar-refractivity contribution in [1.82, 2.24) is 5.32 Å². The first-order valence-corrected chi connectivity index (χ1v) is 5.16. The van der Waals surface area contributed by atoms with Crippen molar-refractivity contribution in [2.45, 2.75) is 26.4 Å². The molecular formula is C10H19NO3. The maximum Gasteiger partial charge on any atom is 0.307 e. The van der Waals surface area contributed by atoms with Gasteiger partial charge in [-0.3, -0.25) is 4.79 Å². The molecule has 3 atom stereocenters. The van der Waals surface area contributed by atoms with Crippen LogP contribution in [0.2, 0.25) is 0 Å². The number of carboxylic acids is 1. The first-order valence-electron chi connectivity index (χ1n) is 5.16. The zero-order chi connectivity index (χ0) is 10.6. The van der Waals surface area contributed by atoms with Crippen LogP contribution < -0.4 is 5.32 Å². The summed E-state index contributed by atoms with van der Waals surface area (Å²) in [6.07, 6.45) is 1.39. The van der Waals surface area contributed by atoms with Gasteiger partial charge in [0.25, 0.3) is 0 Å². The van der Waals surface area contributed by atoms with Crippen molar-refractivity contribution in [1.29, 1.82) is 0 Å². The molecular weight excluding hydrogens is 182 g/mol. The van der Waals surface area contributed by atoms with Gasteiger partial charge in [-0.05, 0) is 19.3 Å². The van der Waals surface area contributed by atoms with Crippen LogP contribution in [0, 0.1) is 11.8 Å². The second-order valence-electron chi connectivity index (χ2n) is 4.02. The SMILES string of the molecule is CC(CNCC1CCOC1C)C(=O)O. The summed E-state index contributed by atoms with van der Waals surface area (Å²) in [5.41, 5.74) is 0. The van der Waals surface area contributed by atoms with E-state index in [9.17, 15) is 4.79 Å². The molecule has 14 heavy (non-hydrogen) atoms. The third-order valence-electron chi connectivity index (χ3n) is 2.81. The molecule has 1 fully saturated rings. The summed E-state index contributed by atoms with van der Waals surface area (Å²) in [5.74, 6) is -0.517. The van der Waals surface area contributed by atoms with Gasteiger partial charge in [-0.25, -0.2) is 0 Å². The molecule has 0 aliphatic carbocycles. The Balaban J connectivity index is 2.11. The molecule has 4 nitrogen and oxygen atoms in total. The number of hydrogen-bond donors (Lipinski definition) is 2. The maximum atomic E-state index is 10.5. The Hall–Kier alpha value is -0.610. The zero-order valence-corrected chi connectivity index (χ0v) is 8.82. The average Bonchev–Trinajstić information content (AvgIpc) is 2.51. The molecule has 2 N–H and O–H groups in total. The lowest BCUT2D eigenvalue weighted by molar-refractivity contribution is -0.140. The summed E-state index contributed by atoms with van der Waals surface area (Å²) < 4.78 is 5.41. The highest BCUT2D eigenvalue weighted by Crippen LogP contribution is 2.19. The van der Waals surface area contributed by atoms with Gasteiger partial charge in [0.05, 0.1) is 12.0 Å². The van der Waals surface area contributed by atoms with Gasteiger partial charge in [-0.2, -0.15) is 0 Å². The van der Waals surface area contributed by atoms with E-state index in [0.29, 0.717) is 18.6 Å². The van der Waals surface area contributed by atoms with Gasteiger partial charge in [0.2, 0.25) is 0 Å². The Kier molecular flexibility index (Phi) is 4.35. The van der Waals surface area contributed by atoms with Gasteiger partial charge in [-0.15, -0.1) is 0 Å². The van der Waals surface area contributed by atoms with E-state index in [-0.39, 0.29) is 5.92 Å². The quantitative estimate of drug-likeness (QED) is 0.688. The van der Waals surface area contributed by atoms with Gasteiger partial charge >= 0.3 is 5.97 Å². The molecule has 1 aliphatic heterocycles. The fraction of sp³-hybridized carbons (Fsp3) is 0.900. The van der Waals surface area contributed by atoms with Crippen molar-refractivity contribution < 1.29 is 14.6 Å². The van der Waals surface area contributed by atoms with E-state index in [1.54, 1.807) is 6.92 Å². The van der Waals surface area contributed by atoms with Crippen LogP contribution in [0.1, 0.15) is 20.3 Å². The number of carboxylic acid groups (broad SMARTS) is 1. The molecule has 0 bridgehead atoms. The number of ether oxygens (including phenoxy) is 1. The van der Waals surface area contributed by atoms with Gasteiger partial charge in [-0.1, -0.05) is 6.92 Å². The minimum absolute atomic E-state index is 0.308. The first-order chi connectivity index (χ1) is 6.61. The molecule has 1 aliphatic rings. The first kappa shape index (κ1) is 11.5.